The molecule has 5 rings (SSSR count). The molecule has 0 radical (unpaired) electrons. The Kier molecular flexibility index (Phi) is 7.25. The minimum absolute atomic E-state index is 0.133. The van der Waals surface area contributed by atoms with E-state index in [9.17, 15) is 14.0 Å². The van der Waals surface area contributed by atoms with Crippen molar-refractivity contribution in [2.24, 2.45) is 0 Å². The lowest BCUT2D eigenvalue weighted by Gasteiger charge is -2.29. The van der Waals surface area contributed by atoms with Crippen LogP contribution in [0.5, 0.6) is 11.5 Å². The number of rotatable bonds is 7. The van der Waals surface area contributed by atoms with Crippen molar-refractivity contribution in [1.82, 2.24) is 5.32 Å². The Morgan fingerprint density at radius 3 is 2.45 bits per heavy atom. The van der Waals surface area contributed by atoms with Gasteiger partial charge in [0, 0.05) is 28.3 Å². The van der Waals surface area contributed by atoms with Crippen LogP contribution in [0.25, 0.3) is 5.70 Å². The fraction of sp³-hybridized carbons (Fsp3) is 0.200. The van der Waals surface area contributed by atoms with Crippen molar-refractivity contribution in [3.05, 3.63) is 109 Å². The largest absolute Gasteiger partial charge is 0.490 e. The second-order valence-electron chi connectivity index (χ2n) is 8.93. The normalized spacial score (nSPS) is 16.1. The van der Waals surface area contributed by atoms with Gasteiger partial charge in [-0.15, -0.1) is 0 Å². The number of benzene rings is 3. The number of allylic oxidation sites excluding steroid dienone is 2. The first-order valence-electron chi connectivity index (χ1n) is 12.1. The number of ether oxygens (including phenoxy) is 3. The molecule has 0 fully saturated rings. The summed E-state index contributed by atoms with van der Waals surface area (Å²) in [6, 6.07) is 17.2. The quantitative estimate of drug-likeness (QED) is 0.251. The van der Waals surface area contributed by atoms with E-state index in [4.69, 9.17) is 14.2 Å². The number of fused-ring (bicyclic) bond motifs is 2. The number of hydrogen-bond acceptors (Lipinski definition) is 6. The molecule has 1 atom stereocenters. The number of carbonyl (C=O) groups excluding carboxylic acids is 2. The van der Waals surface area contributed by atoms with Crippen molar-refractivity contribution in [1.29, 1.82) is 0 Å². The number of hydrogen-bond donors (Lipinski definition) is 1. The predicted octanol–water partition coefficient (Wildman–Crippen LogP) is 6.15. The van der Waals surface area contributed by atoms with Gasteiger partial charge in [0.1, 0.15) is 12.4 Å². The molecule has 2 aliphatic rings. The molecule has 194 valence electrons. The first-order chi connectivity index (χ1) is 18.3. The lowest BCUT2D eigenvalue weighted by atomic mass is 9.79. The Hall–Kier alpha value is -3.66. The van der Waals surface area contributed by atoms with Crippen molar-refractivity contribution < 1.29 is 28.2 Å². The summed E-state index contributed by atoms with van der Waals surface area (Å²) in [4.78, 5) is 26.7. The molecular weight excluding hydrogens is 600 g/mol. The number of ketones is 1. The standard InChI is InChI=1S/C30H25FINO5/c1-4-37-23-14-18(13-22(32)29(23)38-15-17-9-11-19(31)12-10-17)25-24(30(35)36-3)16(2)33-27-20-7-5-6-8-21(20)28(34)26(25)27/h5-14,25,33H,4,15H2,1-3H3/t25-/m1/s1. The highest BCUT2D eigenvalue weighted by Gasteiger charge is 2.43. The molecule has 3 aromatic rings. The third kappa shape index (κ3) is 4.57. The highest BCUT2D eigenvalue weighted by Crippen LogP contribution is 2.48. The van der Waals surface area contributed by atoms with Gasteiger partial charge in [-0.25, -0.2) is 9.18 Å². The molecule has 1 aliphatic heterocycles. The Morgan fingerprint density at radius 1 is 1.05 bits per heavy atom. The molecule has 6 nitrogen and oxygen atoms in total. The van der Waals surface area contributed by atoms with E-state index in [0.29, 0.717) is 51.8 Å². The molecule has 0 amide bonds. The molecule has 8 heteroatoms. The van der Waals surface area contributed by atoms with Gasteiger partial charge in [0.25, 0.3) is 0 Å². The van der Waals surface area contributed by atoms with E-state index in [1.807, 2.05) is 44.2 Å². The smallest absolute Gasteiger partial charge is 0.336 e. The molecule has 0 unspecified atom stereocenters. The van der Waals surface area contributed by atoms with Gasteiger partial charge in [-0.2, -0.15) is 0 Å². The second-order valence-corrected chi connectivity index (χ2v) is 10.1. The number of halogens is 2. The molecule has 1 N–H and O–H groups in total. The van der Waals surface area contributed by atoms with Gasteiger partial charge in [0.05, 0.1) is 28.6 Å². The zero-order valence-corrected chi connectivity index (χ0v) is 23.2. The van der Waals surface area contributed by atoms with Crippen LogP contribution in [0.1, 0.15) is 46.8 Å². The van der Waals surface area contributed by atoms with Crippen LogP contribution < -0.4 is 14.8 Å². The van der Waals surface area contributed by atoms with E-state index in [0.717, 1.165) is 14.7 Å². The van der Waals surface area contributed by atoms with Crippen molar-refractivity contribution in [2.45, 2.75) is 26.4 Å². The highest BCUT2D eigenvalue weighted by atomic mass is 127. The Bertz CT molecular complexity index is 1510. The number of Topliss-reactive ketones (excluding diaryl/α,β-unsaturated/α-hetero) is 1. The van der Waals surface area contributed by atoms with Crippen LogP contribution in [0.4, 0.5) is 4.39 Å². The van der Waals surface area contributed by atoms with E-state index in [2.05, 4.69) is 27.9 Å². The summed E-state index contributed by atoms with van der Waals surface area (Å²) in [5, 5.41) is 3.29. The third-order valence-corrected chi connectivity index (χ3v) is 7.42. The fourth-order valence-corrected chi connectivity index (χ4v) is 5.72. The molecule has 0 saturated carbocycles. The molecule has 3 aromatic carbocycles. The van der Waals surface area contributed by atoms with Gasteiger partial charge in [0.2, 0.25) is 0 Å². The molecule has 0 bridgehead atoms. The number of esters is 1. The zero-order valence-electron chi connectivity index (χ0n) is 21.1. The molecule has 1 heterocycles. The SMILES string of the molecule is CCOc1cc([C@@H]2C(C(=O)OC)=C(C)NC3=C2C(=O)c2ccccc23)cc(I)c1OCc1ccc(F)cc1. The highest BCUT2D eigenvalue weighted by molar-refractivity contribution is 14.1. The van der Waals surface area contributed by atoms with Crippen LogP contribution in [0, 0.1) is 9.39 Å². The number of nitrogens with one attached hydrogen (secondary N) is 1. The number of methoxy groups -OCH3 is 1. The maximum atomic E-state index is 13.7. The lowest BCUT2D eigenvalue weighted by molar-refractivity contribution is -0.136. The zero-order chi connectivity index (χ0) is 27.0. The summed E-state index contributed by atoms with van der Waals surface area (Å²) in [6.07, 6.45) is 0. The summed E-state index contributed by atoms with van der Waals surface area (Å²) in [5.74, 6) is -0.609. The van der Waals surface area contributed by atoms with E-state index >= 15 is 0 Å². The van der Waals surface area contributed by atoms with Crippen molar-refractivity contribution >= 4 is 40.0 Å². The van der Waals surface area contributed by atoms with Gasteiger partial charge in [-0.1, -0.05) is 36.4 Å². The van der Waals surface area contributed by atoms with E-state index in [1.165, 1.54) is 19.2 Å². The average molecular weight is 625 g/mol. The third-order valence-electron chi connectivity index (χ3n) is 6.62. The van der Waals surface area contributed by atoms with E-state index in [-0.39, 0.29) is 18.2 Å². The average Bonchev–Trinajstić information content (AvgIpc) is 3.19. The van der Waals surface area contributed by atoms with E-state index < -0.39 is 11.9 Å². The second kappa shape index (κ2) is 10.6. The summed E-state index contributed by atoms with van der Waals surface area (Å²) < 4.78 is 31.3. The summed E-state index contributed by atoms with van der Waals surface area (Å²) in [6.45, 7) is 4.28. The number of carbonyl (C=O) groups is 2. The first-order valence-corrected chi connectivity index (χ1v) is 13.2. The topological polar surface area (TPSA) is 73.9 Å². The first kappa shape index (κ1) is 26.0. The van der Waals surface area contributed by atoms with Gasteiger partial charge in [-0.05, 0) is 71.8 Å². The Morgan fingerprint density at radius 2 is 1.76 bits per heavy atom. The van der Waals surface area contributed by atoms with Crippen LogP contribution in [0.15, 0.2) is 77.5 Å². The van der Waals surface area contributed by atoms with Crippen LogP contribution in [-0.4, -0.2) is 25.5 Å². The minimum Gasteiger partial charge on any atom is -0.490 e. The monoisotopic (exact) mass is 625 g/mol. The summed E-state index contributed by atoms with van der Waals surface area (Å²) in [5.41, 5.74) is 5.10. The molecular formula is C30H25FINO5. The van der Waals surface area contributed by atoms with Gasteiger partial charge >= 0.3 is 5.97 Å². The minimum atomic E-state index is -0.669. The van der Waals surface area contributed by atoms with Crippen LogP contribution >= 0.6 is 22.6 Å². The van der Waals surface area contributed by atoms with Crippen molar-refractivity contribution in [2.75, 3.05) is 13.7 Å². The molecule has 1 aliphatic carbocycles. The number of dihydropyridines is 1. The van der Waals surface area contributed by atoms with E-state index in [1.54, 1.807) is 18.2 Å². The maximum Gasteiger partial charge on any atom is 0.336 e. The fourth-order valence-electron chi connectivity index (χ4n) is 4.94. The molecule has 0 saturated heterocycles. The van der Waals surface area contributed by atoms with Gasteiger partial charge < -0.3 is 19.5 Å². The summed E-state index contributed by atoms with van der Waals surface area (Å²) in [7, 11) is 1.33. The Balaban J connectivity index is 1.61. The van der Waals surface area contributed by atoms with Crippen LogP contribution in [0.3, 0.4) is 0 Å². The Labute approximate surface area is 233 Å². The predicted molar refractivity (Wildman–Crippen MR) is 149 cm³/mol. The molecule has 0 spiro atoms. The molecule has 38 heavy (non-hydrogen) atoms. The van der Waals surface area contributed by atoms with Gasteiger partial charge in [0.15, 0.2) is 17.3 Å². The van der Waals surface area contributed by atoms with Gasteiger partial charge in [-0.3, -0.25) is 4.79 Å². The van der Waals surface area contributed by atoms with Crippen molar-refractivity contribution in [3.63, 3.8) is 0 Å². The van der Waals surface area contributed by atoms with Crippen LogP contribution in [0.2, 0.25) is 0 Å². The summed E-state index contributed by atoms with van der Waals surface area (Å²) >= 11 is 2.17. The lowest BCUT2D eigenvalue weighted by Crippen LogP contribution is -2.29. The van der Waals surface area contributed by atoms with Crippen LogP contribution in [-0.2, 0) is 16.1 Å². The molecule has 0 aromatic heterocycles. The maximum absolute atomic E-state index is 13.7. The van der Waals surface area contributed by atoms with Crippen molar-refractivity contribution in [3.8, 4) is 11.5 Å².